The molecule has 0 radical (unpaired) electrons. The predicted octanol–water partition coefficient (Wildman–Crippen LogP) is 15.2. The molecule has 0 saturated heterocycles. The lowest BCUT2D eigenvalue weighted by Crippen LogP contribution is -2.63. The molecule has 0 saturated carbocycles. The summed E-state index contributed by atoms with van der Waals surface area (Å²) in [5.74, 6) is 0. The highest BCUT2D eigenvalue weighted by molar-refractivity contribution is 7.01. The highest BCUT2D eigenvalue weighted by Crippen LogP contribution is 2.67. The number of rotatable bonds is 4. The normalized spacial score (nSPS) is 15.0. The maximum Gasteiger partial charge on any atom is 0.246 e. The molecule has 0 unspecified atom stereocenters. The monoisotopic (exact) mass is 1090 g/mol. The Kier molecular flexibility index (Phi) is 9.89. The Hall–Kier alpha value is -10.8. The summed E-state index contributed by atoms with van der Waals surface area (Å²) in [6.07, 6.45) is 0. The molecule has 0 fully saturated rings. The van der Waals surface area contributed by atoms with E-state index >= 15 is 0 Å². The van der Waals surface area contributed by atoms with Gasteiger partial charge in [0.2, 0.25) is 13.4 Å². The summed E-state index contributed by atoms with van der Waals surface area (Å²) in [7, 11) is 0. The van der Waals surface area contributed by atoms with Crippen LogP contribution in [0.5, 0.6) is 0 Å². The number of hydrogen-bond acceptors (Lipinski definition) is 4. The summed E-state index contributed by atoms with van der Waals surface area (Å²) < 4.78 is 0. The van der Waals surface area contributed by atoms with Crippen molar-refractivity contribution in [3.63, 3.8) is 0 Å². The van der Waals surface area contributed by atoms with Gasteiger partial charge in [-0.25, -0.2) is 0 Å². The van der Waals surface area contributed by atoms with Crippen LogP contribution in [0, 0.1) is 0 Å². The smallest absolute Gasteiger partial charge is 0.246 e. The summed E-state index contributed by atoms with van der Waals surface area (Å²) in [4.78, 5) is 10.3. The second-order valence-electron chi connectivity index (χ2n) is 23.8. The van der Waals surface area contributed by atoms with Crippen LogP contribution in [-0.2, 0) is 10.8 Å². The fourth-order valence-electron chi connectivity index (χ4n) is 16.9. The number of fused-ring (bicyclic) bond motifs is 20. The largest absolute Gasteiger partial charge is 0.311 e. The molecular formula is C80H52B2N4. The molecule has 2 spiro atoms. The number of para-hydroxylation sites is 10. The van der Waals surface area contributed by atoms with Crippen LogP contribution in [0.1, 0.15) is 44.5 Å². The minimum atomic E-state index is -0.682. The van der Waals surface area contributed by atoms with Crippen LogP contribution < -0.4 is 52.4 Å². The van der Waals surface area contributed by atoms with Crippen LogP contribution in [0.4, 0.5) is 68.2 Å². The SMILES string of the molecule is c1ccc(B2c3cc4c(cc3N3c5ccccc5C5(c6ccccc6N(c6ccccc6)c6ccccc65)c5cccc2c53)N2c3ccccc3C3(c5ccccc5N(c5ccccc5)c5ccccc53)c3cccc(c32)B4c2ccccc2)cc1. The first kappa shape index (κ1) is 47.7. The lowest BCUT2D eigenvalue weighted by molar-refractivity contribution is 0.719. The molecule has 6 aliphatic rings. The van der Waals surface area contributed by atoms with Crippen molar-refractivity contribution in [1.82, 2.24) is 0 Å². The Morgan fingerprint density at radius 2 is 0.465 bits per heavy atom. The summed E-state index contributed by atoms with van der Waals surface area (Å²) in [5.41, 5.74) is 30.8. The zero-order valence-corrected chi connectivity index (χ0v) is 47.0. The molecule has 4 nitrogen and oxygen atoms in total. The first-order chi connectivity index (χ1) is 42.7. The molecule has 6 aliphatic heterocycles. The molecule has 0 amide bonds. The Labute approximate surface area is 501 Å². The summed E-state index contributed by atoms with van der Waals surface area (Å²) in [6, 6.07) is 120. The van der Waals surface area contributed by atoms with Gasteiger partial charge in [-0.15, -0.1) is 0 Å². The Balaban J connectivity index is 0.915. The van der Waals surface area contributed by atoms with Gasteiger partial charge in [-0.3, -0.25) is 0 Å². The molecule has 86 heavy (non-hydrogen) atoms. The molecule has 19 rings (SSSR count). The molecule has 0 aliphatic carbocycles. The van der Waals surface area contributed by atoms with Gasteiger partial charge in [0.15, 0.2) is 0 Å². The molecule has 13 aromatic carbocycles. The lowest BCUT2D eigenvalue weighted by atomic mass is 9.31. The van der Waals surface area contributed by atoms with E-state index in [1.165, 1.54) is 134 Å². The average molecular weight is 1090 g/mol. The van der Waals surface area contributed by atoms with Crippen LogP contribution in [0.3, 0.4) is 0 Å². The van der Waals surface area contributed by atoms with E-state index in [0.29, 0.717) is 0 Å². The summed E-state index contributed by atoms with van der Waals surface area (Å²) in [6.45, 7) is -0.187. The van der Waals surface area contributed by atoms with Gasteiger partial charge in [-0.05, 0) is 133 Å². The average Bonchev–Trinajstić information content (AvgIpc) is 0.680. The summed E-state index contributed by atoms with van der Waals surface area (Å²) >= 11 is 0. The van der Waals surface area contributed by atoms with Crippen molar-refractivity contribution in [3.8, 4) is 0 Å². The molecule has 13 aromatic rings. The second kappa shape index (κ2) is 17.9. The van der Waals surface area contributed by atoms with Crippen molar-refractivity contribution in [2.45, 2.75) is 10.8 Å². The van der Waals surface area contributed by atoms with Gasteiger partial charge in [0.05, 0.1) is 45.0 Å². The molecule has 6 heterocycles. The van der Waals surface area contributed by atoms with E-state index < -0.39 is 10.8 Å². The molecule has 0 bridgehead atoms. The third kappa shape index (κ3) is 6.05. The van der Waals surface area contributed by atoms with Crippen LogP contribution in [0.25, 0.3) is 0 Å². The predicted molar refractivity (Wildman–Crippen MR) is 358 cm³/mol. The van der Waals surface area contributed by atoms with E-state index in [0.717, 1.165) is 11.4 Å². The van der Waals surface area contributed by atoms with Gasteiger partial charge in [-0.1, -0.05) is 260 Å². The van der Waals surface area contributed by atoms with E-state index in [2.05, 4.69) is 335 Å². The van der Waals surface area contributed by atoms with Gasteiger partial charge in [0, 0.05) is 34.1 Å². The molecule has 0 aromatic heterocycles. The molecule has 6 heteroatoms. The Morgan fingerprint density at radius 3 is 0.791 bits per heavy atom. The van der Waals surface area contributed by atoms with Gasteiger partial charge in [0.25, 0.3) is 0 Å². The lowest BCUT2D eigenvalue weighted by Gasteiger charge is -2.54. The van der Waals surface area contributed by atoms with Crippen LogP contribution in [-0.4, -0.2) is 13.4 Å². The topological polar surface area (TPSA) is 13.0 Å². The number of hydrogen-bond donors (Lipinski definition) is 0. The van der Waals surface area contributed by atoms with Gasteiger partial charge in [-0.2, -0.15) is 0 Å². The van der Waals surface area contributed by atoms with Gasteiger partial charge < -0.3 is 19.6 Å². The van der Waals surface area contributed by atoms with Crippen molar-refractivity contribution in [1.29, 1.82) is 0 Å². The van der Waals surface area contributed by atoms with E-state index in [1.54, 1.807) is 0 Å². The fourth-order valence-corrected chi connectivity index (χ4v) is 16.9. The van der Waals surface area contributed by atoms with Gasteiger partial charge >= 0.3 is 0 Å². The molecule has 0 atom stereocenters. The minimum Gasteiger partial charge on any atom is -0.311 e. The Bertz CT molecular complexity index is 4550. The summed E-state index contributed by atoms with van der Waals surface area (Å²) in [5, 5.41) is 0. The Morgan fingerprint density at radius 1 is 0.198 bits per heavy atom. The van der Waals surface area contributed by atoms with Gasteiger partial charge in [0.1, 0.15) is 0 Å². The van der Waals surface area contributed by atoms with Crippen LogP contribution >= 0.6 is 0 Å². The highest BCUT2D eigenvalue weighted by atomic mass is 15.2. The number of nitrogens with zero attached hydrogens (tertiary/aromatic N) is 4. The van der Waals surface area contributed by atoms with Crippen molar-refractivity contribution in [2.24, 2.45) is 0 Å². The second-order valence-corrected chi connectivity index (χ2v) is 23.8. The van der Waals surface area contributed by atoms with Crippen LogP contribution in [0.15, 0.2) is 315 Å². The van der Waals surface area contributed by atoms with E-state index in [-0.39, 0.29) is 13.4 Å². The van der Waals surface area contributed by atoms with Crippen molar-refractivity contribution >= 4 is 114 Å². The van der Waals surface area contributed by atoms with E-state index in [1.807, 2.05) is 0 Å². The highest BCUT2D eigenvalue weighted by Gasteiger charge is 2.57. The zero-order chi connectivity index (χ0) is 56.2. The maximum absolute atomic E-state index is 2.68. The first-order valence-corrected chi connectivity index (χ1v) is 30.2. The number of anilines is 12. The molecule has 0 N–H and O–H groups in total. The minimum absolute atomic E-state index is 0.0937. The van der Waals surface area contributed by atoms with Crippen molar-refractivity contribution in [2.75, 3.05) is 19.6 Å². The molecular weight excluding hydrogens is 1040 g/mol. The quantitative estimate of drug-likeness (QED) is 0.163. The third-order valence-corrected chi connectivity index (χ3v) is 19.9. The first-order valence-electron chi connectivity index (χ1n) is 30.2. The maximum atomic E-state index is 2.68. The van der Waals surface area contributed by atoms with E-state index in [9.17, 15) is 0 Å². The third-order valence-electron chi connectivity index (χ3n) is 19.9. The number of benzene rings is 13. The standard InChI is InChI=1S/C80H52B2N4/c1-5-27-53(28-6-1)81-65-43-25-41-63-77(65)85(73-49-23-17-39-61(73)79(63)57-35-13-19-45-69(57)83(55-31-9-3-10-32-55)70-46-20-14-36-58(70)79)75-52-76-68(51-67(75)81)82(54-29-7-2-8-30-54)66-44-26-42-64-78(66)86(76)74-50-24-18-40-62(74)80(64)59-37-15-21-47-71(59)84(56-33-11-4-12-34-56)72-48-22-16-38-60(72)80/h1-52H. The fraction of sp³-hybridized carbons (Fsp3) is 0.0250. The van der Waals surface area contributed by atoms with Crippen molar-refractivity contribution in [3.05, 3.63) is 360 Å². The van der Waals surface area contributed by atoms with Crippen LogP contribution in [0.2, 0.25) is 0 Å². The van der Waals surface area contributed by atoms with Crippen molar-refractivity contribution < 1.29 is 0 Å². The van der Waals surface area contributed by atoms with E-state index in [4.69, 9.17) is 0 Å². The molecule has 398 valence electrons. The zero-order valence-electron chi connectivity index (χ0n) is 47.0.